The molecule has 50 valence electrons. The van der Waals surface area contributed by atoms with E-state index in [1.54, 1.807) is 0 Å². The van der Waals surface area contributed by atoms with E-state index in [1.165, 1.54) is 0 Å². The fourth-order valence-corrected chi connectivity index (χ4v) is 0.618. The largest absolute Gasteiger partial charge is 0.396 e. The number of aliphatic hydroxyl groups is 1. The van der Waals surface area contributed by atoms with E-state index in [9.17, 15) is 0 Å². The van der Waals surface area contributed by atoms with Crippen LogP contribution in [0.4, 0.5) is 0 Å². The Morgan fingerprint density at radius 3 is 2.25 bits per heavy atom. The van der Waals surface area contributed by atoms with Crippen molar-refractivity contribution >= 4 is 12.6 Å². The van der Waals surface area contributed by atoms with Crippen molar-refractivity contribution in [2.45, 2.75) is 25.5 Å². The molecular formula is C6H14OS. The highest BCUT2D eigenvalue weighted by Crippen LogP contribution is 2.11. The molecule has 0 aromatic carbocycles. The Kier molecular flexibility index (Phi) is 4.38. The van der Waals surface area contributed by atoms with E-state index in [-0.39, 0.29) is 6.61 Å². The Labute approximate surface area is 56.5 Å². The predicted octanol–water partition coefficient (Wildman–Crippen LogP) is 1.32. The molecule has 0 bridgehead atoms. The summed E-state index contributed by atoms with van der Waals surface area (Å²) in [5, 5.41) is 8.95. The van der Waals surface area contributed by atoms with Gasteiger partial charge in [-0.15, -0.1) is 0 Å². The quantitative estimate of drug-likeness (QED) is 0.558. The SMILES string of the molecule is CCC(S)C(C)CO. The van der Waals surface area contributed by atoms with Crippen LogP contribution in [0.2, 0.25) is 0 Å². The molecule has 0 saturated carbocycles. The number of hydrogen-bond acceptors (Lipinski definition) is 2. The lowest BCUT2D eigenvalue weighted by Gasteiger charge is -2.13. The van der Waals surface area contributed by atoms with Crippen LogP contribution >= 0.6 is 12.6 Å². The molecule has 0 radical (unpaired) electrons. The van der Waals surface area contributed by atoms with Crippen LogP contribution in [-0.2, 0) is 0 Å². The van der Waals surface area contributed by atoms with Gasteiger partial charge in [0, 0.05) is 11.9 Å². The Balaban J connectivity index is 3.29. The molecule has 8 heavy (non-hydrogen) atoms. The zero-order chi connectivity index (χ0) is 6.57. The summed E-state index contributed by atoms with van der Waals surface area (Å²) >= 11 is 4.24. The minimum atomic E-state index is 0.252. The summed E-state index contributed by atoms with van der Waals surface area (Å²) in [6, 6.07) is 0. The fraction of sp³-hybridized carbons (Fsp3) is 1.00. The average molecular weight is 134 g/mol. The standard InChI is InChI=1S/C6H14OS/c1-3-6(8)5(2)4-7/h5-8H,3-4H2,1-2H3. The molecular weight excluding hydrogens is 120 g/mol. The molecule has 0 aromatic heterocycles. The summed E-state index contributed by atoms with van der Waals surface area (Å²) < 4.78 is 0. The van der Waals surface area contributed by atoms with Crippen LogP contribution < -0.4 is 0 Å². The van der Waals surface area contributed by atoms with Crippen LogP contribution in [0.1, 0.15) is 20.3 Å². The first-order valence-electron chi connectivity index (χ1n) is 3.01. The number of aliphatic hydroxyl groups excluding tert-OH is 1. The van der Waals surface area contributed by atoms with E-state index in [1.807, 2.05) is 6.92 Å². The normalized spacial score (nSPS) is 18.0. The summed E-state index contributed by atoms with van der Waals surface area (Å²) in [4.78, 5) is 0. The molecule has 1 nitrogen and oxygen atoms in total. The van der Waals surface area contributed by atoms with Crippen molar-refractivity contribution in [1.29, 1.82) is 0 Å². The van der Waals surface area contributed by atoms with Crippen LogP contribution in [0, 0.1) is 5.92 Å². The van der Waals surface area contributed by atoms with E-state index in [0.29, 0.717) is 11.2 Å². The van der Waals surface area contributed by atoms with Gasteiger partial charge in [0.05, 0.1) is 0 Å². The highest BCUT2D eigenvalue weighted by molar-refractivity contribution is 7.81. The Morgan fingerprint density at radius 1 is 1.62 bits per heavy atom. The monoisotopic (exact) mass is 134 g/mol. The van der Waals surface area contributed by atoms with Crippen molar-refractivity contribution < 1.29 is 5.11 Å². The molecule has 0 aliphatic heterocycles. The molecule has 0 amide bonds. The molecule has 0 rings (SSSR count). The number of rotatable bonds is 3. The minimum absolute atomic E-state index is 0.252. The van der Waals surface area contributed by atoms with E-state index in [0.717, 1.165) is 6.42 Å². The van der Waals surface area contributed by atoms with Crippen LogP contribution in [0.15, 0.2) is 0 Å². The van der Waals surface area contributed by atoms with Gasteiger partial charge in [0.2, 0.25) is 0 Å². The van der Waals surface area contributed by atoms with Gasteiger partial charge in [0.25, 0.3) is 0 Å². The van der Waals surface area contributed by atoms with Gasteiger partial charge in [-0.2, -0.15) is 12.6 Å². The van der Waals surface area contributed by atoms with Crippen molar-refractivity contribution in [2.75, 3.05) is 6.61 Å². The average Bonchev–Trinajstić information content (AvgIpc) is 1.84. The first-order valence-corrected chi connectivity index (χ1v) is 3.53. The molecule has 0 aliphatic rings. The molecule has 0 heterocycles. The molecule has 2 unspecified atom stereocenters. The predicted molar refractivity (Wildman–Crippen MR) is 39.3 cm³/mol. The van der Waals surface area contributed by atoms with Crippen LogP contribution in [0.5, 0.6) is 0 Å². The third-order valence-electron chi connectivity index (χ3n) is 1.36. The maximum absolute atomic E-state index is 8.59. The Hall–Kier alpha value is 0.310. The first kappa shape index (κ1) is 8.31. The van der Waals surface area contributed by atoms with Crippen molar-refractivity contribution in [2.24, 2.45) is 5.92 Å². The topological polar surface area (TPSA) is 20.2 Å². The third-order valence-corrected chi connectivity index (χ3v) is 2.24. The van der Waals surface area contributed by atoms with Crippen LogP contribution in [0.25, 0.3) is 0 Å². The van der Waals surface area contributed by atoms with E-state index in [4.69, 9.17) is 5.11 Å². The maximum atomic E-state index is 8.59. The third kappa shape index (κ3) is 2.58. The Morgan fingerprint density at radius 2 is 2.12 bits per heavy atom. The zero-order valence-corrected chi connectivity index (χ0v) is 6.36. The summed E-state index contributed by atoms with van der Waals surface area (Å²) in [5.74, 6) is 0.336. The molecule has 0 aromatic rings. The summed E-state index contributed by atoms with van der Waals surface area (Å²) in [5.41, 5.74) is 0. The van der Waals surface area contributed by atoms with Crippen molar-refractivity contribution in [3.05, 3.63) is 0 Å². The molecule has 0 fully saturated rings. The zero-order valence-electron chi connectivity index (χ0n) is 5.46. The fourth-order valence-electron chi connectivity index (χ4n) is 0.524. The highest BCUT2D eigenvalue weighted by Gasteiger charge is 2.07. The van der Waals surface area contributed by atoms with E-state index >= 15 is 0 Å². The van der Waals surface area contributed by atoms with Crippen molar-refractivity contribution in [3.8, 4) is 0 Å². The highest BCUT2D eigenvalue weighted by atomic mass is 32.1. The van der Waals surface area contributed by atoms with Gasteiger partial charge in [-0.05, 0) is 12.3 Å². The summed E-state index contributed by atoms with van der Waals surface area (Å²) in [7, 11) is 0. The van der Waals surface area contributed by atoms with Crippen molar-refractivity contribution in [1.82, 2.24) is 0 Å². The van der Waals surface area contributed by atoms with E-state index < -0.39 is 0 Å². The van der Waals surface area contributed by atoms with Gasteiger partial charge < -0.3 is 5.11 Å². The Bertz CT molecular complexity index is 48.5. The lowest BCUT2D eigenvalue weighted by molar-refractivity contribution is 0.234. The van der Waals surface area contributed by atoms with Gasteiger partial charge in [0.15, 0.2) is 0 Å². The van der Waals surface area contributed by atoms with Gasteiger partial charge in [-0.25, -0.2) is 0 Å². The smallest absolute Gasteiger partial charge is 0.0467 e. The molecule has 0 spiro atoms. The minimum Gasteiger partial charge on any atom is -0.396 e. The lowest BCUT2D eigenvalue weighted by Crippen LogP contribution is -2.13. The first-order chi connectivity index (χ1) is 3.72. The van der Waals surface area contributed by atoms with E-state index in [2.05, 4.69) is 19.6 Å². The number of hydrogen-bond donors (Lipinski definition) is 2. The molecule has 2 heteroatoms. The number of thiol groups is 1. The van der Waals surface area contributed by atoms with Crippen LogP contribution in [0.3, 0.4) is 0 Å². The van der Waals surface area contributed by atoms with Gasteiger partial charge in [-0.1, -0.05) is 13.8 Å². The summed E-state index contributed by atoms with van der Waals surface area (Å²) in [6.45, 7) is 4.33. The second-order valence-electron chi connectivity index (χ2n) is 2.14. The van der Waals surface area contributed by atoms with Crippen LogP contribution in [-0.4, -0.2) is 17.0 Å². The van der Waals surface area contributed by atoms with Gasteiger partial charge >= 0.3 is 0 Å². The molecule has 2 atom stereocenters. The lowest BCUT2D eigenvalue weighted by atomic mass is 10.1. The second-order valence-corrected chi connectivity index (χ2v) is 2.80. The molecule has 1 N–H and O–H groups in total. The van der Waals surface area contributed by atoms with Gasteiger partial charge in [-0.3, -0.25) is 0 Å². The van der Waals surface area contributed by atoms with Crippen molar-refractivity contribution in [3.63, 3.8) is 0 Å². The second kappa shape index (κ2) is 4.21. The van der Waals surface area contributed by atoms with Gasteiger partial charge in [0.1, 0.15) is 0 Å². The molecule has 0 saturated heterocycles. The summed E-state index contributed by atoms with van der Waals surface area (Å²) in [6.07, 6.45) is 1.03. The molecule has 0 aliphatic carbocycles. The maximum Gasteiger partial charge on any atom is 0.0467 e.